The number of amides is 2. The van der Waals surface area contributed by atoms with Crippen molar-refractivity contribution in [1.82, 2.24) is 10.2 Å². The molecule has 0 bridgehead atoms. The molecule has 2 saturated heterocycles. The van der Waals surface area contributed by atoms with Gasteiger partial charge in [0, 0.05) is 31.1 Å². The number of carbonyl (C=O) groups excluding carboxylic acids is 2. The van der Waals surface area contributed by atoms with Gasteiger partial charge in [-0.1, -0.05) is 13.8 Å². The zero-order valence-corrected chi connectivity index (χ0v) is 14.7. The summed E-state index contributed by atoms with van der Waals surface area (Å²) in [5.41, 5.74) is 5.75. The van der Waals surface area contributed by atoms with E-state index >= 15 is 0 Å². The van der Waals surface area contributed by atoms with Crippen LogP contribution in [0.25, 0.3) is 0 Å². The van der Waals surface area contributed by atoms with Crippen LogP contribution in [0.2, 0.25) is 0 Å². The molecule has 2 aliphatic heterocycles. The number of hydrogen-bond donors (Lipinski definition) is 2. The number of nitrogens with one attached hydrogen (secondary N) is 1. The molecule has 0 aromatic carbocycles. The average molecular weight is 345 g/mol. The molecule has 0 radical (unpaired) electrons. The van der Waals surface area contributed by atoms with Gasteiger partial charge >= 0.3 is 0 Å². The van der Waals surface area contributed by atoms with E-state index in [1.54, 1.807) is 4.90 Å². The molecule has 2 amide bonds. The van der Waals surface area contributed by atoms with E-state index in [9.17, 15) is 18.0 Å². The second-order valence-electron chi connectivity index (χ2n) is 6.79. The van der Waals surface area contributed by atoms with Gasteiger partial charge in [0.05, 0.1) is 17.4 Å². The number of nitrogens with zero attached hydrogens (tertiary/aromatic N) is 1. The van der Waals surface area contributed by atoms with E-state index in [0.29, 0.717) is 19.5 Å². The zero-order valence-electron chi connectivity index (χ0n) is 13.9. The smallest absolute Gasteiger partial charge is 0.225 e. The van der Waals surface area contributed by atoms with E-state index in [0.717, 1.165) is 12.8 Å². The summed E-state index contributed by atoms with van der Waals surface area (Å²) in [6.45, 7) is 4.66. The van der Waals surface area contributed by atoms with Gasteiger partial charge in [-0.05, 0) is 19.3 Å². The SMILES string of the molecule is CCC(N)(CC)CNC(=O)C1CC(=O)N(C2CCS(=O)(=O)C2)C1. The summed E-state index contributed by atoms with van der Waals surface area (Å²) in [6, 6.07) is -0.273. The van der Waals surface area contributed by atoms with Crippen LogP contribution in [0.4, 0.5) is 0 Å². The molecule has 7 nitrogen and oxygen atoms in total. The van der Waals surface area contributed by atoms with Gasteiger partial charge in [0.25, 0.3) is 0 Å². The summed E-state index contributed by atoms with van der Waals surface area (Å²) in [4.78, 5) is 26.0. The number of likely N-dealkylation sites (tertiary alicyclic amines) is 1. The number of nitrogens with two attached hydrogens (primary N) is 1. The third-order valence-corrected chi connectivity index (χ3v) is 6.95. The molecule has 3 N–H and O–H groups in total. The van der Waals surface area contributed by atoms with Gasteiger partial charge in [-0.2, -0.15) is 0 Å². The molecule has 2 fully saturated rings. The van der Waals surface area contributed by atoms with Gasteiger partial charge in [0.2, 0.25) is 11.8 Å². The molecule has 2 rings (SSSR count). The Morgan fingerprint density at radius 3 is 2.57 bits per heavy atom. The Labute approximate surface area is 137 Å². The van der Waals surface area contributed by atoms with Gasteiger partial charge in [-0.15, -0.1) is 0 Å². The van der Waals surface area contributed by atoms with Crippen LogP contribution in [0.15, 0.2) is 0 Å². The Bertz CT molecular complexity index is 571. The minimum atomic E-state index is -3.04. The second kappa shape index (κ2) is 6.76. The molecule has 0 aromatic rings. The van der Waals surface area contributed by atoms with Gasteiger partial charge < -0.3 is 16.0 Å². The summed E-state index contributed by atoms with van der Waals surface area (Å²) in [6.07, 6.45) is 2.15. The normalized spacial score (nSPS) is 27.4. The van der Waals surface area contributed by atoms with Crippen molar-refractivity contribution in [3.8, 4) is 0 Å². The molecule has 2 aliphatic rings. The van der Waals surface area contributed by atoms with E-state index in [1.165, 1.54) is 0 Å². The van der Waals surface area contributed by atoms with Gasteiger partial charge in [-0.3, -0.25) is 9.59 Å². The molecule has 2 heterocycles. The first-order chi connectivity index (χ1) is 10.7. The summed E-state index contributed by atoms with van der Waals surface area (Å²) in [7, 11) is -3.04. The molecule has 0 aromatic heterocycles. The molecule has 2 unspecified atom stereocenters. The topological polar surface area (TPSA) is 110 Å². The van der Waals surface area contributed by atoms with Crippen molar-refractivity contribution in [1.29, 1.82) is 0 Å². The maximum absolute atomic E-state index is 12.3. The monoisotopic (exact) mass is 345 g/mol. The minimum absolute atomic E-state index is 0.0185. The summed E-state index contributed by atoms with van der Waals surface area (Å²) >= 11 is 0. The van der Waals surface area contributed by atoms with Crippen LogP contribution in [0.5, 0.6) is 0 Å². The first kappa shape index (κ1) is 18.2. The first-order valence-corrected chi connectivity index (χ1v) is 10.1. The van der Waals surface area contributed by atoms with Crippen molar-refractivity contribution < 1.29 is 18.0 Å². The van der Waals surface area contributed by atoms with E-state index in [2.05, 4.69) is 5.32 Å². The Morgan fingerprint density at radius 2 is 2.04 bits per heavy atom. The maximum atomic E-state index is 12.3. The van der Waals surface area contributed by atoms with E-state index < -0.39 is 21.3 Å². The molecule has 23 heavy (non-hydrogen) atoms. The lowest BCUT2D eigenvalue weighted by Crippen LogP contribution is -2.50. The maximum Gasteiger partial charge on any atom is 0.225 e. The summed E-state index contributed by atoms with van der Waals surface area (Å²) < 4.78 is 23.1. The van der Waals surface area contributed by atoms with Crippen molar-refractivity contribution in [2.75, 3.05) is 24.6 Å². The number of rotatable bonds is 6. The third kappa shape index (κ3) is 4.23. The lowest BCUT2D eigenvalue weighted by molar-refractivity contribution is -0.130. The molecular formula is C15H27N3O4S. The second-order valence-corrected chi connectivity index (χ2v) is 9.02. The Morgan fingerprint density at radius 1 is 1.39 bits per heavy atom. The number of carbonyl (C=O) groups is 2. The van der Waals surface area contributed by atoms with Crippen LogP contribution in [0.3, 0.4) is 0 Å². The predicted octanol–water partition coefficient (Wildman–Crippen LogP) is -0.344. The fourth-order valence-corrected chi connectivity index (χ4v) is 4.92. The fourth-order valence-electron chi connectivity index (χ4n) is 3.19. The van der Waals surface area contributed by atoms with E-state index in [1.807, 2.05) is 13.8 Å². The predicted molar refractivity (Wildman–Crippen MR) is 87.4 cm³/mol. The Hall–Kier alpha value is -1.15. The molecule has 0 aliphatic carbocycles. The van der Waals surface area contributed by atoms with Crippen molar-refractivity contribution in [3.05, 3.63) is 0 Å². The lowest BCUT2D eigenvalue weighted by Gasteiger charge is -2.27. The van der Waals surface area contributed by atoms with Gasteiger partial charge in [0.15, 0.2) is 9.84 Å². The van der Waals surface area contributed by atoms with Crippen LogP contribution in [-0.4, -0.2) is 61.3 Å². The lowest BCUT2D eigenvalue weighted by atomic mass is 9.94. The molecule has 8 heteroatoms. The first-order valence-electron chi connectivity index (χ1n) is 8.26. The standard InChI is InChI=1S/C15H27N3O4S/c1-3-15(16,4-2)10-17-14(20)11-7-13(19)18(8-11)12-5-6-23(21,22)9-12/h11-12H,3-10,16H2,1-2H3,(H,17,20). The van der Waals surface area contributed by atoms with Crippen LogP contribution >= 0.6 is 0 Å². The highest BCUT2D eigenvalue weighted by molar-refractivity contribution is 7.91. The Kier molecular flexibility index (Phi) is 5.35. The minimum Gasteiger partial charge on any atom is -0.354 e. The van der Waals surface area contributed by atoms with E-state index in [4.69, 9.17) is 5.73 Å². The van der Waals surface area contributed by atoms with Gasteiger partial charge in [0.1, 0.15) is 0 Å². The van der Waals surface area contributed by atoms with Crippen molar-refractivity contribution >= 4 is 21.7 Å². The largest absolute Gasteiger partial charge is 0.354 e. The summed E-state index contributed by atoms with van der Waals surface area (Å²) in [5, 5.41) is 2.85. The van der Waals surface area contributed by atoms with Crippen LogP contribution in [0, 0.1) is 5.92 Å². The highest BCUT2D eigenvalue weighted by atomic mass is 32.2. The fraction of sp³-hybridized carbons (Fsp3) is 0.867. The quantitative estimate of drug-likeness (QED) is 0.684. The van der Waals surface area contributed by atoms with Crippen molar-refractivity contribution in [2.45, 2.75) is 51.1 Å². The summed E-state index contributed by atoms with van der Waals surface area (Å²) in [5.74, 6) is -0.564. The molecule has 2 atom stereocenters. The van der Waals surface area contributed by atoms with Crippen molar-refractivity contribution in [2.24, 2.45) is 11.7 Å². The van der Waals surface area contributed by atoms with Gasteiger partial charge in [-0.25, -0.2) is 8.42 Å². The average Bonchev–Trinajstić information content (AvgIpc) is 3.07. The number of hydrogen-bond acceptors (Lipinski definition) is 5. The van der Waals surface area contributed by atoms with Crippen molar-refractivity contribution in [3.63, 3.8) is 0 Å². The molecule has 132 valence electrons. The molecule has 0 saturated carbocycles. The number of sulfone groups is 1. The highest BCUT2D eigenvalue weighted by Crippen LogP contribution is 2.26. The highest BCUT2D eigenvalue weighted by Gasteiger charge is 2.42. The van der Waals surface area contributed by atoms with E-state index in [-0.39, 0.29) is 35.8 Å². The Balaban J connectivity index is 1.91. The van der Waals surface area contributed by atoms with Crippen LogP contribution in [0.1, 0.15) is 39.5 Å². The third-order valence-electron chi connectivity index (χ3n) is 5.20. The van der Waals surface area contributed by atoms with Crippen LogP contribution < -0.4 is 11.1 Å². The zero-order chi connectivity index (χ0) is 17.3. The molecule has 0 spiro atoms. The van der Waals surface area contributed by atoms with Crippen LogP contribution in [-0.2, 0) is 19.4 Å². The molecular weight excluding hydrogens is 318 g/mol.